The van der Waals surface area contributed by atoms with Crippen LogP contribution in [0.15, 0.2) is 4.99 Å². The molecule has 1 N–H and O–H groups in total. The van der Waals surface area contributed by atoms with Crippen LogP contribution in [0.25, 0.3) is 0 Å². The third-order valence-corrected chi connectivity index (χ3v) is 4.37. The molecule has 0 atom stereocenters. The first-order valence-corrected chi connectivity index (χ1v) is 10.1. The van der Waals surface area contributed by atoms with Crippen molar-refractivity contribution in [3.63, 3.8) is 0 Å². The molecule has 0 aromatic carbocycles. The van der Waals surface area contributed by atoms with Crippen LogP contribution in [0.3, 0.4) is 0 Å². The van der Waals surface area contributed by atoms with E-state index in [0.29, 0.717) is 12.5 Å². The zero-order valence-electron chi connectivity index (χ0n) is 17.9. The number of nitrogens with one attached hydrogen (secondary N) is 1. The highest BCUT2D eigenvalue weighted by Crippen LogP contribution is 2.14. The third-order valence-electron chi connectivity index (χ3n) is 4.37. The second kappa shape index (κ2) is 14.4. The van der Waals surface area contributed by atoms with Crippen LogP contribution < -0.4 is 5.32 Å². The van der Waals surface area contributed by atoms with Crippen LogP contribution >= 0.6 is 24.0 Å². The number of rotatable bonds is 9. The molecule has 0 aromatic heterocycles. The minimum Gasteiger partial charge on any atom is -0.460 e. The SMILES string of the molecule is CCOC1CCN(C(=NC)NCCCCCCC(=O)OC(C)(C)C)CC1.I. The van der Waals surface area contributed by atoms with E-state index < -0.39 is 0 Å². The number of hydrogen-bond donors (Lipinski definition) is 1. The highest BCUT2D eigenvalue weighted by Gasteiger charge is 2.21. The van der Waals surface area contributed by atoms with Gasteiger partial charge in [-0.3, -0.25) is 9.79 Å². The molecule has 0 aromatic rings. The first kappa shape index (κ1) is 26.4. The number of ether oxygens (including phenoxy) is 2. The fraction of sp³-hybridized carbons (Fsp3) is 0.900. The van der Waals surface area contributed by atoms with Gasteiger partial charge in [0.15, 0.2) is 5.96 Å². The maximum absolute atomic E-state index is 11.7. The normalized spacial score (nSPS) is 16.0. The number of likely N-dealkylation sites (tertiary alicyclic amines) is 1. The van der Waals surface area contributed by atoms with Crippen molar-refractivity contribution in [3.05, 3.63) is 0 Å². The van der Waals surface area contributed by atoms with E-state index in [2.05, 4.69) is 22.1 Å². The second-order valence-corrected chi connectivity index (χ2v) is 7.87. The molecule has 160 valence electrons. The molecule has 7 heteroatoms. The number of aliphatic imine (C=N–C) groups is 1. The van der Waals surface area contributed by atoms with Gasteiger partial charge in [0, 0.05) is 39.7 Å². The zero-order valence-corrected chi connectivity index (χ0v) is 20.2. The number of guanidine groups is 1. The molecule has 1 aliphatic heterocycles. The number of nitrogens with zero attached hydrogens (tertiary/aromatic N) is 2. The van der Waals surface area contributed by atoms with Crippen LogP contribution in [0.4, 0.5) is 0 Å². The average Bonchev–Trinajstić information content (AvgIpc) is 2.57. The van der Waals surface area contributed by atoms with Crippen molar-refractivity contribution in [1.29, 1.82) is 0 Å². The average molecular weight is 497 g/mol. The second-order valence-electron chi connectivity index (χ2n) is 7.87. The summed E-state index contributed by atoms with van der Waals surface area (Å²) in [5.74, 6) is 0.903. The van der Waals surface area contributed by atoms with E-state index in [1.54, 1.807) is 0 Å². The minimum absolute atomic E-state index is 0. The van der Waals surface area contributed by atoms with Gasteiger partial charge in [-0.05, 0) is 53.4 Å². The standard InChI is InChI=1S/C20H39N3O3.HI/c1-6-25-17-12-15-23(16-13-17)19(21-5)22-14-10-8-7-9-11-18(24)26-20(2,3)4;/h17H,6-16H2,1-5H3,(H,21,22);1H. The molecule has 0 unspecified atom stereocenters. The molecule has 0 bridgehead atoms. The molecule has 0 saturated carbocycles. The highest BCUT2D eigenvalue weighted by atomic mass is 127. The number of unbranched alkanes of at least 4 members (excludes halogenated alkanes) is 3. The van der Waals surface area contributed by atoms with Crippen LogP contribution in [0.5, 0.6) is 0 Å². The molecule has 0 aliphatic carbocycles. The Morgan fingerprint density at radius 1 is 1.15 bits per heavy atom. The lowest BCUT2D eigenvalue weighted by atomic mass is 10.1. The van der Waals surface area contributed by atoms with Crippen molar-refractivity contribution in [1.82, 2.24) is 10.2 Å². The molecule has 0 amide bonds. The van der Waals surface area contributed by atoms with Gasteiger partial charge in [-0.15, -0.1) is 24.0 Å². The van der Waals surface area contributed by atoms with E-state index in [9.17, 15) is 4.79 Å². The van der Waals surface area contributed by atoms with Crippen LogP contribution in [-0.2, 0) is 14.3 Å². The van der Waals surface area contributed by atoms with Crippen LogP contribution in [0.1, 0.15) is 72.6 Å². The lowest BCUT2D eigenvalue weighted by Crippen LogP contribution is -2.47. The van der Waals surface area contributed by atoms with Crippen molar-refractivity contribution < 1.29 is 14.3 Å². The van der Waals surface area contributed by atoms with Gasteiger partial charge in [0.1, 0.15) is 5.60 Å². The summed E-state index contributed by atoms with van der Waals surface area (Å²) in [4.78, 5) is 18.4. The topological polar surface area (TPSA) is 63.2 Å². The summed E-state index contributed by atoms with van der Waals surface area (Å²) in [5.41, 5.74) is -0.381. The van der Waals surface area contributed by atoms with Gasteiger partial charge in [0.2, 0.25) is 0 Å². The van der Waals surface area contributed by atoms with Gasteiger partial charge in [0.05, 0.1) is 6.10 Å². The number of piperidine rings is 1. The number of carbonyl (C=O) groups is 1. The molecular weight excluding hydrogens is 457 g/mol. The van der Waals surface area contributed by atoms with Crippen LogP contribution in [0.2, 0.25) is 0 Å². The minimum atomic E-state index is -0.381. The molecule has 6 nitrogen and oxygen atoms in total. The highest BCUT2D eigenvalue weighted by molar-refractivity contribution is 14.0. The largest absolute Gasteiger partial charge is 0.460 e. The molecule has 0 spiro atoms. The van der Waals surface area contributed by atoms with E-state index in [1.807, 2.05) is 27.8 Å². The van der Waals surface area contributed by atoms with Crippen molar-refractivity contribution >= 4 is 35.9 Å². The van der Waals surface area contributed by atoms with Gasteiger partial charge in [-0.2, -0.15) is 0 Å². The van der Waals surface area contributed by atoms with Crippen molar-refractivity contribution in [2.45, 2.75) is 84.3 Å². The monoisotopic (exact) mass is 497 g/mol. The number of carbonyl (C=O) groups excluding carboxylic acids is 1. The number of esters is 1. The summed E-state index contributed by atoms with van der Waals surface area (Å²) in [6, 6.07) is 0. The Labute approximate surface area is 182 Å². The van der Waals surface area contributed by atoms with Crippen molar-refractivity contribution in [2.75, 3.05) is 33.3 Å². The Kier molecular flexibility index (Phi) is 14.1. The maximum atomic E-state index is 11.7. The first-order valence-electron chi connectivity index (χ1n) is 10.1. The number of halogens is 1. The molecule has 27 heavy (non-hydrogen) atoms. The summed E-state index contributed by atoms with van der Waals surface area (Å²) in [7, 11) is 1.85. The lowest BCUT2D eigenvalue weighted by molar-refractivity contribution is -0.154. The smallest absolute Gasteiger partial charge is 0.306 e. The quantitative estimate of drug-likeness (QED) is 0.172. The van der Waals surface area contributed by atoms with Gasteiger partial charge >= 0.3 is 5.97 Å². The van der Waals surface area contributed by atoms with Gasteiger partial charge < -0.3 is 19.7 Å². The molecule has 1 aliphatic rings. The van der Waals surface area contributed by atoms with E-state index in [1.165, 1.54) is 0 Å². The summed E-state index contributed by atoms with van der Waals surface area (Å²) >= 11 is 0. The third kappa shape index (κ3) is 12.5. The van der Waals surface area contributed by atoms with Gasteiger partial charge in [-0.25, -0.2) is 0 Å². The predicted octanol–water partition coefficient (Wildman–Crippen LogP) is 3.97. The Morgan fingerprint density at radius 3 is 2.33 bits per heavy atom. The molecule has 0 radical (unpaired) electrons. The summed E-state index contributed by atoms with van der Waals surface area (Å²) in [6.45, 7) is 11.5. The molecular formula is C20H40IN3O3. The maximum Gasteiger partial charge on any atom is 0.306 e. The van der Waals surface area contributed by atoms with E-state index in [-0.39, 0.29) is 35.5 Å². The van der Waals surface area contributed by atoms with Gasteiger partial charge in [-0.1, -0.05) is 12.8 Å². The molecule has 1 rings (SSSR count). The van der Waals surface area contributed by atoms with E-state index >= 15 is 0 Å². The Bertz CT molecular complexity index is 431. The fourth-order valence-electron chi connectivity index (χ4n) is 3.14. The number of hydrogen-bond acceptors (Lipinski definition) is 4. The summed E-state index contributed by atoms with van der Waals surface area (Å²) in [6.07, 6.45) is 7.20. The lowest BCUT2D eigenvalue weighted by Gasteiger charge is -2.34. The Morgan fingerprint density at radius 2 is 1.78 bits per heavy atom. The summed E-state index contributed by atoms with van der Waals surface area (Å²) in [5, 5.41) is 3.46. The molecule has 1 saturated heterocycles. The van der Waals surface area contributed by atoms with Crippen molar-refractivity contribution in [3.8, 4) is 0 Å². The van der Waals surface area contributed by atoms with Crippen LogP contribution in [0, 0.1) is 0 Å². The molecule has 1 heterocycles. The molecule has 1 fully saturated rings. The van der Waals surface area contributed by atoms with E-state index in [0.717, 1.165) is 70.7 Å². The predicted molar refractivity (Wildman–Crippen MR) is 122 cm³/mol. The van der Waals surface area contributed by atoms with Crippen LogP contribution in [-0.4, -0.2) is 61.8 Å². The van der Waals surface area contributed by atoms with Crippen molar-refractivity contribution in [2.24, 2.45) is 4.99 Å². The zero-order chi connectivity index (χ0) is 19.4. The van der Waals surface area contributed by atoms with E-state index in [4.69, 9.17) is 9.47 Å². The van der Waals surface area contributed by atoms with Gasteiger partial charge in [0.25, 0.3) is 0 Å². The first-order chi connectivity index (χ1) is 12.4. The Hall–Kier alpha value is -0.570. The Balaban J connectivity index is 0.00000676. The summed E-state index contributed by atoms with van der Waals surface area (Å²) < 4.78 is 11.0. The fourth-order valence-corrected chi connectivity index (χ4v) is 3.14.